The van der Waals surface area contributed by atoms with Gasteiger partial charge in [-0.2, -0.15) is 0 Å². The first-order valence-electron chi connectivity index (χ1n) is 8.77. The molecule has 0 bridgehead atoms. The van der Waals surface area contributed by atoms with Gasteiger partial charge in [-0.1, -0.05) is 6.07 Å². The second-order valence-corrected chi connectivity index (χ2v) is 6.63. The summed E-state index contributed by atoms with van der Waals surface area (Å²) in [5, 5.41) is 2.47. The zero-order valence-corrected chi connectivity index (χ0v) is 16.4. The molecule has 0 spiro atoms. The molecule has 0 unspecified atom stereocenters. The fraction of sp³-hybridized carbons (Fsp3) is 0.350. The second-order valence-electron chi connectivity index (χ2n) is 6.63. The number of H-pyrrole nitrogens is 1. The van der Waals surface area contributed by atoms with Crippen molar-refractivity contribution in [1.82, 2.24) is 4.98 Å². The van der Waals surface area contributed by atoms with Crippen LogP contribution in [-0.2, 0) is 14.3 Å². The third-order valence-corrected chi connectivity index (χ3v) is 3.93. The molecule has 2 rings (SSSR count). The molecule has 2 aromatic rings. The number of esters is 2. The van der Waals surface area contributed by atoms with E-state index in [0.29, 0.717) is 11.3 Å². The van der Waals surface area contributed by atoms with Gasteiger partial charge in [0.2, 0.25) is 0 Å². The van der Waals surface area contributed by atoms with Gasteiger partial charge >= 0.3 is 11.9 Å². The van der Waals surface area contributed by atoms with Crippen molar-refractivity contribution in [2.75, 3.05) is 5.32 Å². The predicted octanol–water partition coefficient (Wildman–Crippen LogP) is 3.52. The van der Waals surface area contributed by atoms with E-state index in [9.17, 15) is 18.8 Å². The summed E-state index contributed by atoms with van der Waals surface area (Å²) >= 11 is 0. The average Bonchev–Trinajstić information content (AvgIpc) is 2.88. The number of carbonyl (C=O) groups is 3. The molecule has 2 N–H and O–H groups in total. The lowest BCUT2D eigenvalue weighted by Crippen LogP contribution is -2.30. The van der Waals surface area contributed by atoms with E-state index in [2.05, 4.69) is 10.3 Å². The Bertz CT molecular complexity index is 904. The summed E-state index contributed by atoms with van der Waals surface area (Å²) in [4.78, 5) is 39.7. The van der Waals surface area contributed by atoms with Crippen molar-refractivity contribution in [3.63, 3.8) is 0 Å². The summed E-state index contributed by atoms with van der Waals surface area (Å²) in [6.45, 7) is 8.08. The normalized spacial score (nSPS) is 11.8. The number of halogens is 1. The Balaban J connectivity index is 2.09. The number of nitrogens with one attached hydrogen (secondary N) is 2. The molecule has 1 aromatic heterocycles. The lowest BCUT2D eigenvalue weighted by molar-refractivity contribution is -0.123. The van der Waals surface area contributed by atoms with Crippen LogP contribution in [0.15, 0.2) is 24.3 Å². The SMILES string of the molecule is Cc1[nH]c(C(=O)O[C@H](C)C(=O)Nc2cccc(F)c2)c(C)c1C(=O)OC(C)C. The lowest BCUT2D eigenvalue weighted by atomic mass is 10.1. The molecule has 0 aliphatic carbocycles. The van der Waals surface area contributed by atoms with Gasteiger partial charge in [0.25, 0.3) is 5.91 Å². The van der Waals surface area contributed by atoms with E-state index in [-0.39, 0.29) is 23.0 Å². The molecular formula is C20H23FN2O5. The van der Waals surface area contributed by atoms with Gasteiger partial charge in [-0.3, -0.25) is 4.79 Å². The zero-order chi connectivity index (χ0) is 21.0. The van der Waals surface area contributed by atoms with E-state index in [4.69, 9.17) is 9.47 Å². The first-order chi connectivity index (χ1) is 13.1. The first-order valence-corrected chi connectivity index (χ1v) is 8.77. The number of aryl methyl sites for hydroxylation is 1. The minimum atomic E-state index is -1.13. The van der Waals surface area contributed by atoms with Gasteiger partial charge in [-0.15, -0.1) is 0 Å². The fourth-order valence-electron chi connectivity index (χ4n) is 2.62. The summed E-state index contributed by atoms with van der Waals surface area (Å²) in [5.41, 5.74) is 1.42. The summed E-state index contributed by atoms with van der Waals surface area (Å²) in [7, 11) is 0. The largest absolute Gasteiger partial charge is 0.459 e. The zero-order valence-electron chi connectivity index (χ0n) is 16.4. The maximum absolute atomic E-state index is 13.2. The van der Waals surface area contributed by atoms with Crippen LogP contribution in [0.5, 0.6) is 0 Å². The first kappa shape index (κ1) is 21.1. The highest BCUT2D eigenvalue weighted by Crippen LogP contribution is 2.21. The highest BCUT2D eigenvalue weighted by molar-refractivity contribution is 6.00. The van der Waals surface area contributed by atoms with Crippen LogP contribution >= 0.6 is 0 Å². The Kier molecular flexibility index (Phi) is 6.56. The quantitative estimate of drug-likeness (QED) is 0.736. The van der Waals surface area contributed by atoms with Crippen molar-refractivity contribution in [2.24, 2.45) is 0 Å². The summed E-state index contributed by atoms with van der Waals surface area (Å²) in [6.07, 6.45) is -1.44. The number of hydrogen-bond acceptors (Lipinski definition) is 5. The number of rotatable bonds is 6. The van der Waals surface area contributed by atoms with Gasteiger partial charge in [0.1, 0.15) is 11.5 Å². The highest BCUT2D eigenvalue weighted by Gasteiger charge is 2.27. The van der Waals surface area contributed by atoms with Crippen LogP contribution in [0.4, 0.5) is 10.1 Å². The third-order valence-electron chi connectivity index (χ3n) is 3.93. The van der Waals surface area contributed by atoms with E-state index in [1.54, 1.807) is 27.7 Å². The van der Waals surface area contributed by atoms with E-state index >= 15 is 0 Å². The van der Waals surface area contributed by atoms with Gasteiger partial charge < -0.3 is 19.8 Å². The molecule has 0 radical (unpaired) electrons. The van der Waals surface area contributed by atoms with Gasteiger partial charge in [0.15, 0.2) is 6.10 Å². The van der Waals surface area contributed by atoms with Gasteiger partial charge in [0.05, 0.1) is 11.7 Å². The topological polar surface area (TPSA) is 97.5 Å². The standard InChI is InChI=1S/C20H23FN2O5/c1-10(2)27-19(25)16-11(3)17(22-12(16)4)20(26)28-13(5)18(24)23-15-8-6-7-14(21)9-15/h6-10,13,22H,1-5H3,(H,23,24)/t13-/m1/s1. The number of hydrogen-bond donors (Lipinski definition) is 2. The Labute approximate surface area is 162 Å². The van der Waals surface area contributed by atoms with Crippen LogP contribution in [0.25, 0.3) is 0 Å². The summed E-state index contributed by atoms with van der Waals surface area (Å²) < 4.78 is 23.6. The minimum absolute atomic E-state index is 0.0682. The maximum atomic E-state index is 13.2. The van der Waals surface area contributed by atoms with E-state index < -0.39 is 29.8 Å². The molecule has 0 saturated heterocycles. The number of benzene rings is 1. The maximum Gasteiger partial charge on any atom is 0.355 e. The fourth-order valence-corrected chi connectivity index (χ4v) is 2.62. The molecule has 150 valence electrons. The Morgan fingerprint density at radius 2 is 1.75 bits per heavy atom. The molecular weight excluding hydrogens is 367 g/mol. The number of anilines is 1. The van der Waals surface area contributed by atoms with Crippen molar-refractivity contribution in [3.05, 3.63) is 52.6 Å². The molecule has 1 atom stereocenters. The molecule has 0 aliphatic heterocycles. The van der Waals surface area contributed by atoms with Crippen molar-refractivity contribution in [2.45, 2.75) is 46.8 Å². The summed E-state index contributed by atoms with van der Waals surface area (Å²) in [5.74, 6) is -2.44. The van der Waals surface area contributed by atoms with E-state index in [1.165, 1.54) is 25.1 Å². The lowest BCUT2D eigenvalue weighted by Gasteiger charge is -2.13. The molecule has 28 heavy (non-hydrogen) atoms. The van der Waals surface area contributed by atoms with Crippen LogP contribution in [0.3, 0.4) is 0 Å². The number of aromatic amines is 1. The van der Waals surface area contributed by atoms with Gasteiger partial charge in [-0.25, -0.2) is 14.0 Å². The van der Waals surface area contributed by atoms with Crippen LogP contribution < -0.4 is 5.32 Å². The van der Waals surface area contributed by atoms with Crippen LogP contribution in [-0.4, -0.2) is 35.0 Å². The third kappa shape index (κ3) is 4.97. The average molecular weight is 390 g/mol. The Morgan fingerprint density at radius 3 is 2.36 bits per heavy atom. The predicted molar refractivity (Wildman–Crippen MR) is 101 cm³/mol. The smallest absolute Gasteiger partial charge is 0.355 e. The number of carbonyl (C=O) groups excluding carboxylic acids is 3. The van der Waals surface area contributed by atoms with Crippen molar-refractivity contribution < 1.29 is 28.2 Å². The molecule has 1 heterocycles. The number of amides is 1. The van der Waals surface area contributed by atoms with Crippen molar-refractivity contribution >= 4 is 23.5 Å². The van der Waals surface area contributed by atoms with Crippen LogP contribution in [0.1, 0.15) is 52.9 Å². The van der Waals surface area contributed by atoms with Crippen molar-refractivity contribution in [1.29, 1.82) is 0 Å². The molecule has 1 amide bonds. The molecule has 0 fully saturated rings. The molecule has 0 aliphatic rings. The molecule has 1 aromatic carbocycles. The van der Waals surface area contributed by atoms with Crippen LogP contribution in [0, 0.1) is 19.7 Å². The van der Waals surface area contributed by atoms with Crippen molar-refractivity contribution in [3.8, 4) is 0 Å². The monoisotopic (exact) mass is 390 g/mol. The minimum Gasteiger partial charge on any atom is -0.459 e. The second kappa shape index (κ2) is 8.69. The number of ether oxygens (including phenoxy) is 2. The highest BCUT2D eigenvalue weighted by atomic mass is 19.1. The van der Waals surface area contributed by atoms with Gasteiger partial charge in [0, 0.05) is 11.4 Å². The Morgan fingerprint density at radius 1 is 1.07 bits per heavy atom. The molecule has 8 heteroatoms. The molecule has 7 nitrogen and oxygen atoms in total. The van der Waals surface area contributed by atoms with Crippen LogP contribution in [0.2, 0.25) is 0 Å². The summed E-state index contributed by atoms with van der Waals surface area (Å²) in [6, 6.07) is 5.36. The molecule has 0 saturated carbocycles. The van der Waals surface area contributed by atoms with Gasteiger partial charge in [-0.05, 0) is 58.4 Å². The Hall–Kier alpha value is -3.16. The van der Waals surface area contributed by atoms with E-state index in [0.717, 1.165) is 6.07 Å². The number of aromatic nitrogens is 1. The van der Waals surface area contributed by atoms with E-state index in [1.807, 2.05) is 0 Å².